The van der Waals surface area contributed by atoms with Crippen LogP contribution in [0.3, 0.4) is 0 Å². The van der Waals surface area contributed by atoms with Gasteiger partial charge in [0.2, 0.25) is 0 Å². The molecule has 0 saturated carbocycles. The van der Waals surface area contributed by atoms with E-state index in [9.17, 15) is 4.39 Å². The van der Waals surface area contributed by atoms with Gasteiger partial charge in [0.05, 0.1) is 17.9 Å². The molecule has 0 amide bonds. The first kappa shape index (κ1) is 14.2. The number of aliphatic imine (C=N–C) groups is 1. The second-order valence-corrected chi connectivity index (χ2v) is 5.67. The molecule has 0 aliphatic carbocycles. The number of anilines is 1. The van der Waals surface area contributed by atoms with Gasteiger partial charge in [-0.05, 0) is 30.3 Å². The molecule has 2 aromatic carbocycles. The average Bonchev–Trinajstić information content (AvgIpc) is 2.59. The number of benzene rings is 2. The maximum Gasteiger partial charge on any atom is 0.132 e. The second kappa shape index (κ2) is 5.54. The molecule has 5 heteroatoms. The van der Waals surface area contributed by atoms with Crippen LogP contribution in [-0.4, -0.2) is 24.3 Å². The minimum absolute atomic E-state index is 0.308. The van der Waals surface area contributed by atoms with Crippen LogP contribution in [0.15, 0.2) is 47.5 Å². The molecule has 0 spiro atoms. The van der Waals surface area contributed by atoms with Crippen molar-refractivity contribution >= 4 is 40.2 Å². The summed E-state index contributed by atoms with van der Waals surface area (Å²) in [6.07, 6.45) is 0. The molecular weight excluding hydrogens is 307 g/mol. The lowest BCUT2D eigenvalue weighted by atomic mass is 10.00. The Labute approximate surface area is 132 Å². The lowest BCUT2D eigenvalue weighted by Gasteiger charge is -2.20. The van der Waals surface area contributed by atoms with E-state index in [2.05, 4.69) is 4.99 Å². The summed E-state index contributed by atoms with van der Waals surface area (Å²) in [5.74, 6) is -0.308. The van der Waals surface area contributed by atoms with Crippen molar-refractivity contribution < 1.29 is 4.39 Å². The first-order valence-electron chi connectivity index (χ1n) is 6.44. The van der Waals surface area contributed by atoms with E-state index in [0.29, 0.717) is 27.8 Å². The van der Waals surface area contributed by atoms with Gasteiger partial charge in [0, 0.05) is 23.2 Å². The molecule has 0 fully saturated rings. The molecule has 0 N–H and O–H groups in total. The van der Waals surface area contributed by atoms with E-state index in [1.807, 2.05) is 18.0 Å². The number of rotatable bonds is 1. The largest absolute Gasteiger partial charge is 0.337 e. The number of likely N-dealkylation sites (N-methyl/N-ethyl adjacent to an activating group) is 1. The van der Waals surface area contributed by atoms with Crippen LogP contribution in [0.5, 0.6) is 0 Å². The Kier molecular flexibility index (Phi) is 3.74. The summed E-state index contributed by atoms with van der Waals surface area (Å²) in [6, 6.07) is 12.1. The molecule has 106 valence electrons. The molecule has 21 heavy (non-hydrogen) atoms. The first-order valence-corrected chi connectivity index (χ1v) is 7.22. The summed E-state index contributed by atoms with van der Waals surface area (Å²) in [4.78, 5) is 7.08. The average molecular weight is 319 g/mol. The van der Waals surface area contributed by atoms with Gasteiger partial charge in [0.1, 0.15) is 10.8 Å². The van der Waals surface area contributed by atoms with Crippen LogP contribution in [0.25, 0.3) is 0 Å². The number of hydrogen-bond donors (Lipinski definition) is 0. The van der Waals surface area contributed by atoms with E-state index in [0.717, 1.165) is 11.3 Å². The summed E-state index contributed by atoms with van der Waals surface area (Å²) in [7, 11) is 1.88. The molecular formula is C16H12ClFN2S. The molecule has 0 unspecified atom stereocenters. The van der Waals surface area contributed by atoms with Gasteiger partial charge in [0.15, 0.2) is 0 Å². The zero-order chi connectivity index (χ0) is 15.0. The Morgan fingerprint density at radius 1 is 1.19 bits per heavy atom. The van der Waals surface area contributed by atoms with Crippen molar-refractivity contribution in [3.8, 4) is 0 Å². The molecule has 0 bridgehead atoms. The first-order chi connectivity index (χ1) is 10.1. The molecule has 2 aromatic rings. The van der Waals surface area contributed by atoms with E-state index >= 15 is 0 Å². The van der Waals surface area contributed by atoms with Gasteiger partial charge in [-0.1, -0.05) is 36.0 Å². The number of nitrogens with zero attached hydrogens (tertiary/aromatic N) is 2. The van der Waals surface area contributed by atoms with Crippen LogP contribution in [0, 0.1) is 5.82 Å². The van der Waals surface area contributed by atoms with Gasteiger partial charge in [-0.2, -0.15) is 0 Å². The number of halogens is 2. The minimum atomic E-state index is -0.308. The highest BCUT2D eigenvalue weighted by Gasteiger charge is 2.22. The Hall–Kier alpha value is -1.78. The van der Waals surface area contributed by atoms with E-state index in [1.54, 1.807) is 30.3 Å². The third-order valence-corrected chi connectivity index (χ3v) is 4.09. The van der Waals surface area contributed by atoms with Gasteiger partial charge in [-0.3, -0.25) is 4.99 Å². The van der Waals surface area contributed by atoms with E-state index in [-0.39, 0.29) is 5.82 Å². The fourth-order valence-electron chi connectivity index (χ4n) is 2.35. The summed E-state index contributed by atoms with van der Waals surface area (Å²) >= 11 is 11.5. The van der Waals surface area contributed by atoms with Crippen molar-refractivity contribution in [2.24, 2.45) is 4.99 Å². The summed E-state index contributed by atoms with van der Waals surface area (Å²) in [5.41, 5.74) is 2.70. The lowest BCUT2D eigenvalue weighted by Crippen LogP contribution is -2.26. The molecule has 1 aliphatic rings. The highest BCUT2D eigenvalue weighted by molar-refractivity contribution is 7.80. The van der Waals surface area contributed by atoms with Gasteiger partial charge in [-0.15, -0.1) is 0 Å². The molecule has 0 atom stereocenters. The predicted molar refractivity (Wildman–Crippen MR) is 89.4 cm³/mol. The number of hydrogen-bond acceptors (Lipinski definition) is 2. The SMILES string of the molecule is CN1C(=S)CN=C(c2ccccc2F)c2cc(Cl)ccc21. The van der Waals surface area contributed by atoms with E-state index < -0.39 is 0 Å². The van der Waals surface area contributed by atoms with Crippen LogP contribution in [0.2, 0.25) is 5.02 Å². The fourth-order valence-corrected chi connectivity index (χ4v) is 2.68. The van der Waals surface area contributed by atoms with Crippen molar-refractivity contribution in [3.05, 3.63) is 64.4 Å². The van der Waals surface area contributed by atoms with Crippen molar-refractivity contribution in [3.63, 3.8) is 0 Å². The van der Waals surface area contributed by atoms with Gasteiger partial charge >= 0.3 is 0 Å². The van der Waals surface area contributed by atoms with Crippen LogP contribution in [0.4, 0.5) is 10.1 Å². The Morgan fingerprint density at radius 3 is 2.71 bits per heavy atom. The van der Waals surface area contributed by atoms with Crippen LogP contribution < -0.4 is 4.90 Å². The van der Waals surface area contributed by atoms with Crippen LogP contribution in [0.1, 0.15) is 11.1 Å². The van der Waals surface area contributed by atoms with Crippen molar-refractivity contribution in [2.45, 2.75) is 0 Å². The summed E-state index contributed by atoms with van der Waals surface area (Å²) in [6.45, 7) is 0.349. The highest BCUT2D eigenvalue weighted by Crippen LogP contribution is 2.29. The smallest absolute Gasteiger partial charge is 0.132 e. The summed E-state index contributed by atoms with van der Waals surface area (Å²) in [5, 5.41) is 0.582. The molecule has 1 aliphatic heterocycles. The maximum absolute atomic E-state index is 14.1. The quantitative estimate of drug-likeness (QED) is 0.736. The Balaban J connectivity index is 2.26. The Morgan fingerprint density at radius 2 is 1.95 bits per heavy atom. The standard InChI is InChI=1S/C16H12ClFN2S/c1-20-14-7-6-10(17)8-12(14)16(19-9-15(20)21)11-4-2-3-5-13(11)18/h2-8H,9H2,1H3. The van der Waals surface area contributed by atoms with Crippen molar-refractivity contribution in [1.29, 1.82) is 0 Å². The number of benzodiazepines with no additional fused rings is 1. The monoisotopic (exact) mass is 318 g/mol. The zero-order valence-corrected chi connectivity index (χ0v) is 12.9. The predicted octanol–water partition coefficient (Wildman–Crippen LogP) is 4.09. The molecule has 0 saturated heterocycles. The van der Waals surface area contributed by atoms with Crippen LogP contribution in [-0.2, 0) is 0 Å². The summed E-state index contributed by atoms with van der Waals surface area (Å²) < 4.78 is 14.1. The molecule has 1 heterocycles. The van der Waals surface area contributed by atoms with Gasteiger partial charge in [0.25, 0.3) is 0 Å². The van der Waals surface area contributed by atoms with E-state index in [1.165, 1.54) is 6.07 Å². The van der Waals surface area contributed by atoms with Gasteiger partial charge in [-0.25, -0.2) is 4.39 Å². The number of fused-ring (bicyclic) bond motifs is 1. The lowest BCUT2D eigenvalue weighted by molar-refractivity contribution is 0.625. The van der Waals surface area contributed by atoms with Crippen molar-refractivity contribution in [1.82, 2.24) is 0 Å². The van der Waals surface area contributed by atoms with Crippen LogP contribution >= 0.6 is 23.8 Å². The fraction of sp³-hybridized carbons (Fsp3) is 0.125. The molecule has 0 radical (unpaired) electrons. The third kappa shape index (κ3) is 2.57. The van der Waals surface area contributed by atoms with E-state index in [4.69, 9.17) is 23.8 Å². The minimum Gasteiger partial charge on any atom is -0.337 e. The zero-order valence-electron chi connectivity index (χ0n) is 11.3. The molecule has 2 nitrogen and oxygen atoms in total. The second-order valence-electron chi connectivity index (χ2n) is 4.76. The highest BCUT2D eigenvalue weighted by atomic mass is 35.5. The number of thiocarbonyl (C=S) groups is 1. The Bertz CT molecular complexity index is 758. The third-order valence-electron chi connectivity index (χ3n) is 3.45. The normalized spacial score (nSPS) is 14.5. The molecule has 3 rings (SSSR count). The van der Waals surface area contributed by atoms with Gasteiger partial charge < -0.3 is 4.90 Å². The maximum atomic E-state index is 14.1. The molecule has 0 aromatic heterocycles. The van der Waals surface area contributed by atoms with Crippen molar-refractivity contribution in [2.75, 3.05) is 18.5 Å². The topological polar surface area (TPSA) is 15.6 Å².